The average Bonchev–Trinajstić information content (AvgIpc) is 2.60. The Morgan fingerprint density at radius 3 is 2.50 bits per heavy atom. The highest BCUT2D eigenvalue weighted by molar-refractivity contribution is 5.92. The molecule has 0 saturated heterocycles. The lowest BCUT2D eigenvalue weighted by Gasteiger charge is -2.12. The minimum absolute atomic E-state index is 0.190. The van der Waals surface area contributed by atoms with Crippen molar-refractivity contribution in [3.8, 4) is 5.75 Å². The zero-order valence-electron chi connectivity index (χ0n) is 14.4. The Labute approximate surface area is 143 Å². The second-order valence-electron chi connectivity index (χ2n) is 5.92. The molecule has 5 nitrogen and oxygen atoms in total. The van der Waals surface area contributed by atoms with Gasteiger partial charge in [0.25, 0.3) is 0 Å². The number of benzene rings is 2. The number of nitrogens with two attached hydrogens (primary N) is 1. The highest BCUT2D eigenvalue weighted by atomic mass is 16.5. The molecule has 4 N–H and O–H groups in total. The Morgan fingerprint density at radius 2 is 1.88 bits per heavy atom. The van der Waals surface area contributed by atoms with Gasteiger partial charge in [0, 0.05) is 5.69 Å². The molecule has 0 saturated carbocycles. The monoisotopic (exact) mass is 327 g/mol. The summed E-state index contributed by atoms with van der Waals surface area (Å²) in [4.78, 5) is 4.21. The van der Waals surface area contributed by atoms with E-state index in [2.05, 4.69) is 30.2 Å². The summed E-state index contributed by atoms with van der Waals surface area (Å²) in [5.74, 6) is 1.48. The summed E-state index contributed by atoms with van der Waals surface area (Å²) >= 11 is 0. The molecule has 0 aliphatic rings. The Kier molecular flexibility index (Phi) is 6.21. The molecule has 0 amide bonds. The normalized spacial score (nSPS) is 13.0. The molecular weight excluding hydrogens is 302 g/mol. The van der Waals surface area contributed by atoms with E-state index in [1.54, 1.807) is 19.2 Å². The summed E-state index contributed by atoms with van der Waals surface area (Å²) in [7, 11) is 1.61. The van der Waals surface area contributed by atoms with Crippen molar-refractivity contribution >= 4 is 11.6 Å². The first-order valence-corrected chi connectivity index (χ1v) is 7.98. The third-order valence-electron chi connectivity index (χ3n) is 3.76. The number of guanidine groups is 1. The minimum Gasteiger partial charge on any atom is -0.497 e. The van der Waals surface area contributed by atoms with Gasteiger partial charge in [-0.15, -0.1) is 0 Å². The largest absolute Gasteiger partial charge is 0.497 e. The summed E-state index contributed by atoms with van der Waals surface area (Å²) < 4.78 is 5.10. The molecule has 0 heterocycles. The van der Waals surface area contributed by atoms with Gasteiger partial charge in [-0.3, -0.25) is 4.99 Å². The van der Waals surface area contributed by atoms with Crippen LogP contribution in [0.3, 0.4) is 0 Å². The molecule has 0 aliphatic carbocycles. The number of methoxy groups -OCH3 is 1. The van der Waals surface area contributed by atoms with Crippen molar-refractivity contribution in [2.24, 2.45) is 10.7 Å². The summed E-state index contributed by atoms with van der Waals surface area (Å²) in [6, 6.07) is 15.3. The molecule has 1 atom stereocenters. The molecule has 2 aromatic carbocycles. The van der Waals surface area contributed by atoms with Crippen molar-refractivity contribution in [3.63, 3.8) is 0 Å². The molecule has 2 rings (SSSR count). The van der Waals surface area contributed by atoms with Crippen LogP contribution in [0.25, 0.3) is 0 Å². The first kappa shape index (κ1) is 17.8. The molecule has 0 aromatic heterocycles. The number of hydrogen-bond acceptors (Lipinski definition) is 3. The zero-order valence-corrected chi connectivity index (χ0v) is 14.4. The molecule has 2 aromatic rings. The summed E-state index contributed by atoms with van der Waals surface area (Å²) in [6.45, 7) is 4.47. The van der Waals surface area contributed by atoms with Gasteiger partial charge in [0.15, 0.2) is 5.96 Å². The number of aliphatic hydroxyl groups is 1. The van der Waals surface area contributed by atoms with Crippen molar-refractivity contribution in [1.82, 2.24) is 0 Å². The predicted molar refractivity (Wildman–Crippen MR) is 98.6 cm³/mol. The van der Waals surface area contributed by atoms with Crippen molar-refractivity contribution in [3.05, 3.63) is 59.7 Å². The number of rotatable bonds is 6. The van der Waals surface area contributed by atoms with Crippen LogP contribution < -0.4 is 15.8 Å². The van der Waals surface area contributed by atoms with E-state index >= 15 is 0 Å². The van der Waals surface area contributed by atoms with Crippen LogP contribution in [0.2, 0.25) is 0 Å². The number of hydrogen-bond donors (Lipinski definition) is 3. The first-order chi connectivity index (χ1) is 11.5. The van der Waals surface area contributed by atoms with Crippen LogP contribution in [-0.2, 0) is 0 Å². The van der Waals surface area contributed by atoms with Crippen LogP contribution >= 0.6 is 0 Å². The van der Waals surface area contributed by atoms with Crippen LogP contribution in [0.5, 0.6) is 5.75 Å². The van der Waals surface area contributed by atoms with Crippen LogP contribution in [-0.4, -0.2) is 24.7 Å². The Balaban J connectivity index is 1.96. The van der Waals surface area contributed by atoms with E-state index in [1.165, 1.54) is 5.56 Å². The Morgan fingerprint density at radius 1 is 1.17 bits per heavy atom. The van der Waals surface area contributed by atoms with Gasteiger partial charge in [0.2, 0.25) is 0 Å². The smallest absolute Gasteiger partial charge is 0.193 e. The average molecular weight is 327 g/mol. The molecule has 0 aliphatic heterocycles. The molecule has 0 radical (unpaired) electrons. The Bertz CT molecular complexity index is 681. The fourth-order valence-corrected chi connectivity index (χ4v) is 2.28. The van der Waals surface area contributed by atoms with Gasteiger partial charge in [-0.1, -0.05) is 38.1 Å². The highest BCUT2D eigenvalue weighted by Gasteiger charge is 2.07. The number of nitrogens with one attached hydrogen (secondary N) is 1. The molecule has 0 spiro atoms. The maximum atomic E-state index is 10.2. The molecule has 128 valence electrons. The van der Waals surface area contributed by atoms with E-state index in [-0.39, 0.29) is 12.5 Å². The van der Waals surface area contributed by atoms with Gasteiger partial charge in [-0.2, -0.15) is 0 Å². The first-order valence-electron chi connectivity index (χ1n) is 7.98. The van der Waals surface area contributed by atoms with E-state index in [0.29, 0.717) is 5.92 Å². The summed E-state index contributed by atoms with van der Waals surface area (Å²) in [6.07, 6.45) is -0.710. The fraction of sp³-hybridized carbons (Fsp3) is 0.316. The third kappa shape index (κ3) is 4.99. The summed E-state index contributed by atoms with van der Waals surface area (Å²) in [5, 5.41) is 13.2. The second kappa shape index (κ2) is 8.36. The third-order valence-corrected chi connectivity index (χ3v) is 3.76. The SMILES string of the molecule is COc1ccc(C(O)CN=C(N)Nc2cccc(C(C)C)c2)cc1. The Hall–Kier alpha value is -2.53. The zero-order chi connectivity index (χ0) is 17.5. The van der Waals surface area contributed by atoms with Gasteiger partial charge < -0.3 is 20.9 Å². The quantitative estimate of drug-likeness (QED) is 0.562. The standard InChI is InChI=1S/C19H25N3O2/c1-13(2)15-5-4-6-16(11-15)22-19(20)21-12-18(23)14-7-9-17(24-3)10-8-14/h4-11,13,18,23H,12H2,1-3H3,(H3,20,21,22). The van der Waals surface area contributed by atoms with Crippen LogP contribution in [0.4, 0.5) is 5.69 Å². The summed E-state index contributed by atoms with van der Waals surface area (Å²) in [5.41, 5.74) is 8.80. The van der Waals surface area contributed by atoms with E-state index in [0.717, 1.165) is 17.0 Å². The van der Waals surface area contributed by atoms with Gasteiger partial charge in [-0.25, -0.2) is 0 Å². The fourth-order valence-electron chi connectivity index (χ4n) is 2.28. The molecule has 0 fully saturated rings. The highest BCUT2D eigenvalue weighted by Crippen LogP contribution is 2.19. The topological polar surface area (TPSA) is 79.9 Å². The number of aliphatic imine (C=N–C) groups is 1. The van der Waals surface area contributed by atoms with Gasteiger partial charge in [-0.05, 0) is 41.3 Å². The predicted octanol–water partition coefficient (Wildman–Crippen LogP) is 3.28. The molecule has 1 unspecified atom stereocenters. The lowest BCUT2D eigenvalue weighted by molar-refractivity contribution is 0.187. The van der Waals surface area contributed by atoms with Crippen LogP contribution in [0.1, 0.15) is 37.0 Å². The molecule has 0 bridgehead atoms. The maximum absolute atomic E-state index is 10.2. The van der Waals surface area contributed by atoms with Crippen LogP contribution in [0, 0.1) is 0 Å². The van der Waals surface area contributed by atoms with Gasteiger partial charge in [0.1, 0.15) is 5.75 Å². The van der Waals surface area contributed by atoms with Crippen molar-refractivity contribution in [2.45, 2.75) is 25.9 Å². The lowest BCUT2D eigenvalue weighted by Crippen LogP contribution is -2.23. The van der Waals surface area contributed by atoms with Gasteiger partial charge in [0.05, 0.1) is 19.8 Å². The molecule has 5 heteroatoms. The second-order valence-corrected chi connectivity index (χ2v) is 5.92. The molecular formula is C19H25N3O2. The van der Waals surface area contributed by atoms with Crippen molar-refractivity contribution in [1.29, 1.82) is 0 Å². The minimum atomic E-state index is -0.710. The van der Waals surface area contributed by atoms with E-state index in [1.807, 2.05) is 30.3 Å². The van der Waals surface area contributed by atoms with Crippen molar-refractivity contribution < 1.29 is 9.84 Å². The number of anilines is 1. The van der Waals surface area contributed by atoms with E-state index < -0.39 is 6.10 Å². The van der Waals surface area contributed by atoms with Gasteiger partial charge >= 0.3 is 0 Å². The van der Waals surface area contributed by atoms with Crippen molar-refractivity contribution in [2.75, 3.05) is 19.0 Å². The van der Waals surface area contributed by atoms with Crippen LogP contribution in [0.15, 0.2) is 53.5 Å². The number of ether oxygens (including phenoxy) is 1. The number of nitrogens with zero attached hydrogens (tertiary/aromatic N) is 1. The molecule has 24 heavy (non-hydrogen) atoms. The van der Waals surface area contributed by atoms with E-state index in [9.17, 15) is 5.11 Å². The lowest BCUT2D eigenvalue weighted by atomic mass is 10.0. The van der Waals surface area contributed by atoms with E-state index in [4.69, 9.17) is 10.5 Å². The maximum Gasteiger partial charge on any atom is 0.193 e. The number of aliphatic hydroxyl groups excluding tert-OH is 1.